The van der Waals surface area contributed by atoms with Crippen molar-refractivity contribution in [1.82, 2.24) is 0 Å². The highest BCUT2D eigenvalue weighted by Gasteiger charge is 2.48. The number of allylic oxidation sites excluding steroid dienone is 5. The van der Waals surface area contributed by atoms with Crippen LogP contribution in [0, 0.1) is 29.1 Å². The van der Waals surface area contributed by atoms with E-state index in [0.29, 0.717) is 11.7 Å². The highest BCUT2D eigenvalue weighted by molar-refractivity contribution is 5.98. The maximum absolute atomic E-state index is 13.0. The molecule has 0 aromatic heterocycles. The summed E-state index contributed by atoms with van der Waals surface area (Å²) in [6, 6.07) is 0. The van der Waals surface area contributed by atoms with E-state index in [0.717, 1.165) is 31.3 Å². The molecule has 1 saturated heterocycles. The van der Waals surface area contributed by atoms with E-state index in [1.54, 1.807) is 6.92 Å². The van der Waals surface area contributed by atoms with Crippen LogP contribution in [0.15, 0.2) is 34.6 Å². The standard InChI is InChI=1S/C24H34O4/c1-13(2)17-12-20(26)24(6)10-9-15(4)22-18(11-14(3)7-8-19(17)24)21(16(5)25)23(27)28-22/h11-13,16,18-19,21,25H,7-10H2,1-6H3/b14-11-,22-15+/t16-,18-,19-,21+,24+/m0/s1. The third kappa shape index (κ3) is 3.52. The van der Waals surface area contributed by atoms with Crippen LogP contribution in [0.25, 0.3) is 0 Å². The summed E-state index contributed by atoms with van der Waals surface area (Å²) in [4.78, 5) is 25.4. The summed E-state index contributed by atoms with van der Waals surface area (Å²) in [6.45, 7) is 12.2. The molecular weight excluding hydrogens is 352 g/mol. The summed E-state index contributed by atoms with van der Waals surface area (Å²) in [5, 5.41) is 10.2. The largest absolute Gasteiger partial charge is 0.430 e. The molecule has 0 aromatic rings. The van der Waals surface area contributed by atoms with Crippen LogP contribution in [0.1, 0.15) is 67.2 Å². The first-order valence-corrected chi connectivity index (χ1v) is 10.6. The predicted molar refractivity (Wildman–Crippen MR) is 109 cm³/mol. The summed E-state index contributed by atoms with van der Waals surface area (Å²) in [6.07, 6.45) is 6.53. The van der Waals surface area contributed by atoms with Crippen molar-refractivity contribution in [1.29, 1.82) is 0 Å². The van der Waals surface area contributed by atoms with Crippen LogP contribution >= 0.6 is 0 Å². The highest BCUT2D eigenvalue weighted by atomic mass is 16.5. The number of aliphatic hydroxyl groups excluding tert-OH is 1. The molecule has 1 aliphatic heterocycles. The zero-order chi connectivity index (χ0) is 20.8. The maximum Gasteiger partial charge on any atom is 0.317 e. The number of carbonyl (C=O) groups excluding carboxylic acids is 2. The van der Waals surface area contributed by atoms with Crippen LogP contribution in [0.2, 0.25) is 0 Å². The lowest BCUT2D eigenvalue weighted by Crippen LogP contribution is -2.32. The summed E-state index contributed by atoms with van der Waals surface area (Å²) in [5.41, 5.74) is 3.08. The number of hydrogen-bond acceptors (Lipinski definition) is 4. The van der Waals surface area contributed by atoms with Gasteiger partial charge in [0.25, 0.3) is 0 Å². The van der Waals surface area contributed by atoms with E-state index in [1.807, 2.05) is 13.0 Å². The molecule has 0 spiro atoms. The van der Waals surface area contributed by atoms with Gasteiger partial charge in [-0.25, -0.2) is 0 Å². The van der Waals surface area contributed by atoms with Crippen molar-refractivity contribution in [3.63, 3.8) is 0 Å². The smallest absolute Gasteiger partial charge is 0.317 e. The minimum absolute atomic E-state index is 0.214. The second kappa shape index (κ2) is 7.62. The van der Waals surface area contributed by atoms with E-state index < -0.39 is 17.4 Å². The lowest BCUT2D eigenvalue weighted by molar-refractivity contribution is -0.142. The molecule has 28 heavy (non-hydrogen) atoms. The van der Waals surface area contributed by atoms with Crippen LogP contribution in [-0.4, -0.2) is 23.0 Å². The van der Waals surface area contributed by atoms with Crippen molar-refractivity contribution >= 4 is 11.8 Å². The Morgan fingerprint density at radius 2 is 1.86 bits per heavy atom. The third-order valence-electron chi connectivity index (χ3n) is 7.12. The van der Waals surface area contributed by atoms with E-state index in [4.69, 9.17) is 4.74 Å². The van der Waals surface area contributed by atoms with Gasteiger partial charge >= 0.3 is 5.97 Å². The lowest BCUT2D eigenvalue weighted by atomic mass is 9.69. The fourth-order valence-corrected chi connectivity index (χ4v) is 5.24. The first-order valence-electron chi connectivity index (χ1n) is 10.6. The first-order chi connectivity index (χ1) is 13.1. The number of hydrogen-bond donors (Lipinski definition) is 1. The summed E-state index contributed by atoms with van der Waals surface area (Å²) < 4.78 is 5.64. The minimum Gasteiger partial charge on any atom is -0.430 e. The monoisotopic (exact) mass is 386 g/mol. The van der Waals surface area contributed by atoms with Gasteiger partial charge in [-0.3, -0.25) is 9.59 Å². The zero-order valence-electron chi connectivity index (χ0n) is 18.0. The average Bonchev–Trinajstić information content (AvgIpc) is 3.05. The molecule has 0 radical (unpaired) electrons. The molecule has 3 aliphatic rings. The number of fused-ring (bicyclic) bond motifs is 2. The van der Waals surface area contributed by atoms with Gasteiger partial charge in [0.1, 0.15) is 5.76 Å². The zero-order valence-corrected chi connectivity index (χ0v) is 18.0. The Morgan fingerprint density at radius 1 is 1.18 bits per heavy atom. The van der Waals surface area contributed by atoms with Gasteiger partial charge in [-0.2, -0.15) is 0 Å². The number of aliphatic hydroxyl groups is 1. The molecule has 3 rings (SSSR count). The fourth-order valence-electron chi connectivity index (χ4n) is 5.24. The van der Waals surface area contributed by atoms with Gasteiger partial charge in [-0.1, -0.05) is 38.0 Å². The molecule has 0 saturated carbocycles. The van der Waals surface area contributed by atoms with E-state index in [1.165, 1.54) is 11.1 Å². The molecule has 1 N–H and O–H groups in total. The van der Waals surface area contributed by atoms with E-state index in [9.17, 15) is 14.7 Å². The predicted octanol–water partition coefficient (Wildman–Crippen LogP) is 4.74. The molecule has 0 amide bonds. The quantitative estimate of drug-likeness (QED) is 0.550. The Bertz CT molecular complexity index is 767. The molecule has 1 fully saturated rings. The Hall–Kier alpha value is -1.68. The molecular formula is C24H34O4. The van der Waals surface area contributed by atoms with Crippen LogP contribution in [0.3, 0.4) is 0 Å². The van der Waals surface area contributed by atoms with E-state index in [2.05, 4.69) is 33.8 Å². The number of ketones is 1. The first kappa shape index (κ1) is 21.0. The van der Waals surface area contributed by atoms with Crippen molar-refractivity contribution in [2.24, 2.45) is 29.1 Å². The van der Waals surface area contributed by atoms with Crippen molar-refractivity contribution in [3.8, 4) is 0 Å². The Labute approximate surface area is 168 Å². The van der Waals surface area contributed by atoms with E-state index >= 15 is 0 Å². The second-order valence-electron chi connectivity index (χ2n) is 9.54. The van der Waals surface area contributed by atoms with Crippen LogP contribution in [0.4, 0.5) is 0 Å². The molecule has 0 unspecified atom stereocenters. The Morgan fingerprint density at radius 3 is 2.46 bits per heavy atom. The third-order valence-corrected chi connectivity index (χ3v) is 7.12. The van der Waals surface area contributed by atoms with Gasteiger partial charge in [0.05, 0.1) is 17.9 Å². The highest BCUT2D eigenvalue weighted by Crippen LogP contribution is 2.50. The van der Waals surface area contributed by atoms with Gasteiger partial charge in [0.15, 0.2) is 5.78 Å². The van der Waals surface area contributed by atoms with Gasteiger partial charge in [0, 0.05) is 5.41 Å². The summed E-state index contributed by atoms with van der Waals surface area (Å²) in [7, 11) is 0. The molecule has 4 nitrogen and oxygen atoms in total. The Kier molecular flexibility index (Phi) is 5.73. The molecule has 4 heteroatoms. The molecule has 154 valence electrons. The van der Waals surface area contributed by atoms with Gasteiger partial charge in [-0.15, -0.1) is 0 Å². The molecule has 0 bridgehead atoms. The van der Waals surface area contributed by atoms with Crippen molar-refractivity contribution in [3.05, 3.63) is 34.6 Å². The van der Waals surface area contributed by atoms with Crippen molar-refractivity contribution in [2.75, 3.05) is 0 Å². The molecule has 2 aliphatic carbocycles. The molecule has 5 atom stereocenters. The van der Waals surface area contributed by atoms with E-state index in [-0.39, 0.29) is 23.6 Å². The topological polar surface area (TPSA) is 63.6 Å². The number of carbonyl (C=O) groups is 2. The summed E-state index contributed by atoms with van der Waals surface area (Å²) >= 11 is 0. The van der Waals surface area contributed by atoms with Crippen LogP contribution in [-0.2, 0) is 14.3 Å². The molecule has 1 heterocycles. The average molecular weight is 387 g/mol. The lowest BCUT2D eigenvalue weighted by Gasteiger charge is -2.33. The molecule has 0 aromatic carbocycles. The minimum atomic E-state index is -0.758. The number of ether oxygens (including phenoxy) is 1. The Balaban J connectivity index is 2.02. The van der Waals surface area contributed by atoms with Crippen LogP contribution in [0.5, 0.6) is 0 Å². The fraction of sp³-hybridized carbons (Fsp3) is 0.667. The van der Waals surface area contributed by atoms with Gasteiger partial charge in [-0.05, 0) is 69.9 Å². The number of rotatable bonds is 2. The summed E-state index contributed by atoms with van der Waals surface area (Å²) in [5.74, 6) is 0.429. The number of esters is 1. The van der Waals surface area contributed by atoms with Gasteiger partial charge in [0.2, 0.25) is 0 Å². The maximum atomic E-state index is 13.0. The van der Waals surface area contributed by atoms with Gasteiger partial charge < -0.3 is 9.84 Å². The second-order valence-corrected chi connectivity index (χ2v) is 9.54. The SMILES string of the molecule is C/C1=C/[C@@H]2/C(=C(/C)CC[C@@]3(C)C(=O)C=C(C(C)C)[C@@H]3CC1)OC(=O)[C@@H]2[C@H](C)O. The normalized spacial score (nSPS) is 39.5. The van der Waals surface area contributed by atoms with Crippen molar-refractivity contribution in [2.45, 2.75) is 73.3 Å². The van der Waals surface area contributed by atoms with Crippen LogP contribution < -0.4 is 0 Å². The van der Waals surface area contributed by atoms with Crippen molar-refractivity contribution < 1.29 is 19.4 Å².